The average Bonchev–Trinajstić information content (AvgIpc) is 3.77. The van der Waals surface area contributed by atoms with Crippen molar-refractivity contribution in [3.05, 3.63) is 182 Å². The van der Waals surface area contributed by atoms with Gasteiger partial charge in [-0.1, -0.05) is 158 Å². The third-order valence-corrected chi connectivity index (χ3v) is 10.6. The summed E-state index contributed by atoms with van der Waals surface area (Å²) in [5.41, 5.74) is 10.6. The Kier molecular flexibility index (Phi) is 6.28. The zero-order valence-corrected chi connectivity index (χ0v) is 28.1. The Morgan fingerprint density at radius 1 is 0.288 bits per heavy atom. The number of furan rings is 2. The first-order valence-electron chi connectivity index (χ1n) is 17.8. The van der Waals surface area contributed by atoms with Gasteiger partial charge in [-0.15, -0.1) is 0 Å². The van der Waals surface area contributed by atoms with Gasteiger partial charge >= 0.3 is 0 Å². The van der Waals surface area contributed by atoms with Gasteiger partial charge in [-0.2, -0.15) is 0 Å². The second-order valence-electron chi connectivity index (χ2n) is 13.6. The molecule has 0 aliphatic heterocycles. The van der Waals surface area contributed by atoms with E-state index in [0.29, 0.717) is 0 Å². The topological polar surface area (TPSA) is 26.3 Å². The predicted molar refractivity (Wildman–Crippen MR) is 218 cm³/mol. The molecule has 0 fully saturated rings. The van der Waals surface area contributed by atoms with Crippen molar-refractivity contribution in [2.45, 2.75) is 0 Å². The fourth-order valence-corrected chi connectivity index (χ4v) is 8.38. The van der Waals surface area contributed by atoms with Crippen LogP contribution in [-0.2, 0) is 0 Å². The molecule has 242 valence electrons. The lowest BCUT2D eigenvalue weighted by molar-refractivity contribution is 0.632. The molecule has 0 aliphatic carbocycles. The number of benzene rings is 9. The van der Waals surface area contributed by atoms with Crippen LogP contribution in [0.4, 0.5) is 0 Å². The van der Waals surface area contributed by atoms with Crippen LogP contribution in [0.2, 0.25) is 0 Å². The van der Waals surface area contributed by atoms with Gasteiger partial charge in [-0.3, -0.25) is 0 Å². The highest BCUT2D eigenvalue weighted by Crippen LogP contribution is 2.49. The average molecular weight is 663 g/mol. The fourth-order valence-electron chi connectivity index (χ4n) is 8.38. The molecule has 11 aromatic rings. The SMILES string of the molecule is c1ccc(-c2oc3cc4c(cc3c2-c2ccccc2)oc2cccc(-c3c5ccccc5c(-c5ccc6ccccc6c5)c5ccccc35)c24)cc1. The van der Waals surface area contributed by atoms with E-state index in [1.165, 1.54) is 49.0 Å². The summed E-state index contributed by atoms with van der Waals surface area (Å²) < 4.78 is 13.6. The summed E-state index contributed by atoms with van der Waals surface area (Å²) in [6, 6.07) is 64.8. The molecule has 0 amide bonds. The van der Waals surface area contributed by atoms with Crippen molar-refractivity contribution < 1.29 is 8.83 Å². The van der Waals surface area contributed by atoms with Crippen LogP contribution < -0.4 is 0 Å². The molecular formula is C50H30O2. The summed E-state index contributed by atoms with van der Waals surface area (Å²) in [5, 5.41) is 10.5. The molecule has 0 bridgehead atoms. The maximum absolute atomic E-state index is 6.81. The summed E-state index contributed by atoms with van der Waals surface area (Å²) in [6.07, 6.45) is 0. The maximum Gasteiger partial charge on any atom is 0.143 e. The smallest absolute Gasteiger partial charge is 0.143 e. The Balaban J connectivity index is 1.21. The quantitative estimate of drug-likeness (QED) is 0.175. The largest absolute Gasteiger partial charge is 0.456 e. The number of fused-ring (bicyclic) bond motifs is 7. The lowest BCUT2D eigenvalue weighted by Gasteiger charge is -2.18. The highest BCUT2D eigenvalue weighted by atomic mass is 16.3. The zero-order valence-electron chi connectivity index (χ0n) is 28.1. The fraction of sp³-hybridized carbons (Fsp3) is 0. The first-order valence-corrected chi connectivity index (χ1v) is 17.8. The third-order valence-electron chi connectivity index (χ3n) is 10.6. The molecule has 0 spiro atoms. The van der Waals surface area contributed by atoms with Crippen LogP contribution in [0, 0.1) is 0 Å². The van der Waals surface area contributed by atoms with Gasteiger partial charge in [-0.25, -0.2) is 0 Å². The number of hydrogen-bond donors (Lipinski definition) is 0. The number of rotatable bonds is 4. The van der Waals surface area contributed by atoms with Crippen LogP contribution in [-0.4, -0.2) is 0 Å². The first-order chi connectivity index (χ1) is 25.8. The standard InChI is InChI=1S/C50H30O2/c1-3-15-32(16-4-1)47-41-29-44-42(30-45(41)52-50(47)33-17-5-2-6-18-33)49-40(24-13-25-43(49)51-44)48-38-22-11-9-20-36(38)46(37-21-10-12-23-39(37)48)35-27-26-31-14-7-8-19-34(31)28-35/h1-30H. The molecule has 2 nitrogen and oxygen atoms in total. The molecule has 0 saturated heterocycles. The molecule has 52 heavy (non-hydrogen) atoms. The van der Waals surface area contributed by atoms with Gasteiger partial charge in [0.25, 0.3) is 0 Å². The van der Waals surface area contributed by atoms with Gasteiger partial charge in [0.2, 0.25) is 0 Å². The molecule has 0 saturated carbocycles. The van der Waals surface area contributed by atoms with Crippen molar-refractivity contribution in [3.63, 3.8) is 0 Å². The molecule has 0 unspecified atom stereocenters. The van der Waals surface area contributed by atoms with E-state index in [0.717, 1.165) is 60.9 Å². The van der Waals surface area contributed by atoms with Crippen LogP contribution >= 0.6 is 0 Å². The maximum atomic E-state index is 6.81. The van der Waals surface area contributed by atoms with Crippen molar-refractivity contribution >= 4 is 65.2 Å². The van der Waals surface area contributed by atoms with Crippen LogP contribution in [0.3, 0.4) is 0 Å². The minimum absolute atomic E-state index is 0.837. The Labute approximate surface area is 299 Å². The van der Waals surface area contributed by atoms with Gasteiger partial charge in [-0.05, 0) is 84.4 Å². The normalized spacial score (nSPS) is 11.8. The van der Waals surface area contributed by atoms with Crippen molar-refractivity contribution in [2.24, 2.45) is 0 Å². The molecular weight excluding hydrogens is 633 g/mol. The lowest BCUT2D eigenvalue weighted by Crippen LogP contribution is -1.91. The molecule has 2 aromatic heterocycles. The third kappa shape index (κ3) is 4.31. The van der Waals surface area contributed by atoms with E-state index in [9.17, 15) is 0 Å². The number of hydrogen-bond acceptors (Lipinski definition) is 2. The molecule has 2 heteroatoms. The molecule has 0 aliphatic rings. The predicted octanol–water partition coefficient (Wildman–Crippen LogP) is 14.5. The van der Waals surface area contributed by atoms with Crippen LogP contribution in [0.25, 0.3) is 110 Å². The van der Waals surface area contributed by atoms with E-state index in [1.807, 2.05) is 6.07 Å². The van der Waals surface area contributed by atoms with Crippen molar-refractivity contribution in [3.8, 4) is 44.7 Å². The van der Waals surface area contributed by atoms with Crippen LogP contribution in [0.15, 0.2) is 191 Å². The summed E-state index contributed by atoms with van der Waals surface area (Å²) in [5.74, 6) is 0.861. The van der Waals surface area contributed by atoms with Gasteiger partial charge in [0.05, 0.1) is 0 Å². The second kappa shape index (κ2) is 11.3. The van der Waals surface area contributed by atoms with E-state index < -0.39 is 0 Å². The monoisotopic (exact) mass is 662 g/mol. The zero-order chi connectivity index (χ0) is 34.2. The van der Waals surface area contributed by atoms with Crippen molar-refractivity contribution in [2.75, 3.05) is 0 Å². The van der Waals surface area contributed by atoms with Crippen LogP contribution in [0.1, 0.15) is 0 Å². The Hall–Kier alpha value is -6.90. The molecule has 0 radical (unpaired) electrons. The van der Waals surface area contributed by atoms with E-state index >= 15 is 0 Å². The highest BCUT2D eigenvalue weighted by Gasteiger charge is 2.23. The molecule has 0 atom stereocenters. The van der Waals surface area contributed by atoms with Crippen molar-refractivity contribution in [1.82, 2.24) is 0 Å². The molecule has 0 N–H and O–H groups in total. The van der Waals surface area contributed by atoms with Crippen LogP contribution in [0.5, 0.6) is 0 Å². The molecule has 9 aromatic carbocycles. The minimum atomic E-state index is 0.837. The van der Waals surface area contributed by atoms with Gasteiger partial charge in [0.15, 0.2) is 0 Å². The molecule has 11 rings (SSSR count). The minimum Gasteiger partial charge on any atom is -0.456 e. The first kappa shape index (κ1) is 28.9. The second-order valence-corrected chi connectivity index (χ2v) is 13.6. The Bertz CT molecular complexity index is 3110. The van der Waals surface area contributed by atoms with Crippen molar-refractivity contribution in [1.29, 1.82) is 0 Å². The Morgan fingerprint density at radius 3 is 1.58 bits per heavy atom. The summed E-state index contributed by atoms with van der Waals surface area (Å²) in [4.78, 5) is 0. The van der Waals surface area contributed by atoms with E-state index in [-0.39, 0.29) is 0 Å². The lowest BCUT2D eigenvalue weighted by atomic mass is 9.84. The van der Waals surface area contributed by atoms with E-state index in [1.54, 1.807) is 0 Å². The van der Waals surface area contributed by atoms with E-state index in [2.05, 4.69) is 176 Å². The Morgan fingerprint density at radius 2 is 0.865 bits per heavy atom. The van der Waals surface area contributed by atoms with Gasteiger partial charge in [0.1, 0.15) is 22.5 Å². The van der Waals surface area contributed by atoms with Gasteiger partial charge < -0.3 is 8.83 Å². The summed E-state index contributed by atoms with van der Waals surface area (Å²) >= 11 is 0. The summed E-state index contributed by atoms with van der Waals surface area (Å²) in [7, 11) is 0. The van der Waals surface area contributed by atoms with Gasteiger partial charge in [0, 0.05) is 27.3 Å². The summed E-state index contributed by atoms with van der Waals surface area (Å²) in [6.45, 7) is 0. The van der Waals surface area contributed by atoms with E-state index in [4.69, 9.17) is 8.83 Å². The highest BCUT2D eigenvalue weighted by molar-refractivity contribution is 6.26. The molecule has 2 heterocycles.